The first kappa shape index (κ1) is 11.2. The molecule has 1 aliphatic rings. The zero-order valence-corrected chi connectivity index (χ0v) is 9.47. The predicted octanol–water partition coefficient (Wildman–Crippen LogP) is 3.51. The lowest BCUT2D eigenvalue weighted by Crippen LogP contribution is -2.28. The molecule has 0 radical (unpaired) electrons. The lowest BCUT2D eigenvalue weighted by atomic mass is 9.67. The van der Waals surface area contributed by atoms with Gasteiger partial charge in [0.05, 0.1) is 0 Å². The van der Waals surface area contributed by atoms with Crippen molar-refractivity contribution < 1.29 is 4.79 Å². The van der Waals surface area contributed by atoms with Gasteiger partial charge in [-0.2, -0.15) is 0 Å². The molecule has 0 spiro atoms. The second-order valence-corrected chi connectivity index (χ2v) is 4.95. The molecule has 1 aliphatic carbocycles. The van der Waals surface area contributed by atoms with Crippen molar-refractivity contribution >= 4 is 5.78 Å². The Morgan fingerprint density at radius 2 is 2.21 bits per heavy atom. The average Bonchev–Trinajstić information content (AvgIpc) is 2.01. The molecule has 0 aromatic rings. The Bertz CT molecular complexity index is 271. The molecule has 1 fully saturated rings. The summed E-state index contributed by atoms with van der Waals surface area (Å²) in [6.45, 7) is 10.2. The molecule has 0 bridgehead atoms. The van der Waals surface area contributed by atoms with Crippen LogP contribution in [0.25, 0.3) is 0 Å². The zero-order chi connectivity index (χ0) is 10.8. The summed E-state index contributed by atoms with van der Waals surface area (Å²) in [5.41, 5.74) is 1.54. The number of ketones is 1. The topological polar surface area (TPSA) is 17.1 Å². The normalized spacial score (nSPS) is 26.8. The van der Waals surface area contributed by atoms with E-state index in [9.17, 15) is 4.79 Å². The SMILES string of the molecule is C=C1CCCC(C)(C)C1/C=C/C(C)=O. The Balaban J connectivity index is 2.80. The highest BCUT2D eigenvalue weighted by Crippen LogP contribution is 2.43. The zero-order valence-electron chi connectivity index (χ0n) is 9.47. The largest absolute Gasteiger partial charge is 0.295 e. The summed E-state index contributed by atoms with van der Waals surface area (Å²) >= 11 is 0. The van der Waals surface area contributed by atoms with Gasteiger partial charge in [-0.15, -0.1) is 0 Å². The van der Waals surface area contributed by atoms with Crippen LogP contribution in [0.4, 0.5) is 0 Å². The number of carbonyl (C=O) groups is 1. The number of carbonyl (C=O) groups excluding carboxylic acids is 1. The molecule has 0 saturated heterocycles. The van der Waals surface area contributed by atoms with Crippen molar-refractivity contribution in [3.8, 4) is 0 Å². The summed E-state index contributed by atoms with van der Waals surface area (Å²) in [7, 11) is 0. The predicted molar refractivity (Wildman–Crippen MR) is 60.1 cm³/mol. The second-order valence-electron chi connectivity index (χ2n) is 4.95. The van der Waals surface area contributed by atoms with Gasteiger partial charge in [-0.05, 0) is 37.7 Å². The maximum atomic E-state index is 10.9. The minimum absolute atomic E-state index is 0.124. The fourth-order valence-electron chi connectivity index (χ4n) is 2.26. The molecule has 0 N–H and O–H groups in total. The van der Waals surface area contributed by atoms with E-state index in [0.29, 0.717) is 5.92 Å². The van der Waals surface area contributed by atoms with Gasteiger partial charge in [0.2, 0.25) is 0 Å². The lowest BCUT2D eigenvalue weighted by Gasteiger charge is -2.38. The maximum absolute atomic E-state index is 10.9. The highest BCUT2D eigenvalue weighted by Gasteiger charge is 2.32. The number of allylic oxidation sites excluding steroid dienone is 3. The molecule has 0 aliphatic heterocycles. The Morgan fingerprint density at radius 1 is 1.57 bits per heavy atom. The summed E-state index contributed by atoms with van der Waals surface area (Å²) in [4.78, 5) is 10.9. The van der Waals surface area contributed by atoms with Gasteiger partial charge in [-0.25, -0.2) is 0 Å². The maximum Gasteiger partial charge on any atom is 0.152 e. The monoisotopic (exact) mass is 192 g/mol. The first-order valence-electron chi connectivity index (χ1n) is 5.30. The van der Waals surface area contributed by atoms with Crippen LogP contribution < -0.4 is 0 Å². The Morgan fingerprint density at radius 3 is 2.71 bits per heavy atom. The first-order valence-corrected chi connectivity index (χ1v) is 5.30. The van der Waals surface area contributed by atoms with E-state index in [1.807, 2.05) is 6.08 Å². The van der Waals surface area contributed by atoms with E-state index in [-0.39, 0.29) is 11.2 Å². The third-order valence-electron chi connectivity index (χ3n) is 3.12. The van der Waals surface area contributed by atoms with Crippen LogP contribution in [0.2, 0.25) is 0 Å². The van der Waals surface area contributed by atoms with Crippen LogP contribution in [0.5, 0.6) is 0 Å². The van der Waals surface area contributed by atoms with Crippen LogP contribution in [0, 0.1) is 11.3 Å². The summed E-state index contributed by atoms with van der Waals surface area (Å²) < 4.78 is 0. The van der Waals surface area contributed by atoms with Crippen LogP contribution >= 0.6 is 0 Å². The highest BCUT2D eigenvalue weighted by atomic mass is 16.1. The molecular weight excluding hydrogens is 172 g/mol. The summed E-state index contributed by atoms with van der Waals surface area (Å²) in [5, 5.41) is 0. The van der Waals surface area contributed by atoms with E-state index in [1.165, 1.54) is 18.4 Å². The quantitative estimate of drug-likeness (QED) is 0.483. The molecule has 1 unspecified atom stereocenters. The van der Waals surface area contributed by atoms with Gasteiger partial charge in [0.15, 0.2) is 5.78 Å². The van der Waals surface area contributed by atoms with E-state index >= 15 is 0 Å². The van der Waals surface area contributed by atoms with Crippen LogP contribution in [-0.2, 0) is 4.79 Å². The van der Waals surface area contributed by atoms with Crippen molar-refractivity contribution in [1.82, 2.24) is 0 Å². The van der Waals surface area contributed by atoms with Crippen molar-refractivity contribution in [3.05, 3.63) is 24.3 Å². The molecule has 0 aromatic carbocycles. The van der Waals surface area contributed by atoms with E-state index in [2.05, 4.69) is 20.4 Å². The van der Waals surface area contributed by atoms with Gasteiger partial charge < -0.3 is 0 Å². The fourth-order valence-corrected chi connectivity index (χ4v) is 2.26. The van der Waals surface area contributed by atoms with Gasteiger partial charge in [-0.1, -0.05) is 32.1 Å². The minimum atomic E-state index is 0.124. The standard InChI is InChI=1S/C13H20O/c1-10-6-5-9-13(3,4)12(10)8-7-11(2)14/h7-8,12H,1,5-6,9H2,2-4H3/b8-7+. The molecule has 0 amide bonds. The van der Waals surface area contributed by atoms with Gasteiger partial charge in [0, 0.05) is 5.92 Å². The average molecular weight is 192 g/mol. The van der Waals surface area contributed by atoms with E-state index in [0.717, 1.165) is 6.42 Å². The molecule has 1 nitrogen and oxygen atoms in total. The molecule has 1 heteroatoms. The molecule has 1 rings (SSSR count). The van der Waals surface area contributed by atoms with Crippen LogP contribution in [0.15, 0.2) is 24.3 Å². The number of rotatable bonds is 2. The van der Waals surface area contributed by atoms with Crippen molar-refractivity contribution in [2.24, 2.45) is 11.3 Å². The van der Waals surface area contributed by atoms with E-state index < -0.39 is 0 Å². The minimum Gasteiger partial charge on any atom is -0.295 e. The number of hydrogen-bond donors (Lipinski definition) is 0. The molecule has 1 atom stereocenters. The molecule has 0 heterocycles. The first-order chi connectivity index (χ1) is 6.43. The highest BCUT2D eigenvalue weighted by molar-refractivity contribution is 5.87. The fraction of sp³-hybridized carbons (Fsp3) is 0.615. The summed E-state index contributed by atoms with van der Waals surface area (Å²) in [6.07, 6.45) is 7.28. The van der Waals surface area contributed by atoms with Gasteiger partial charge in [-0.3, -0.25) is 4.79 Å². The van der Waals surface area contributed by atoms with Gasteiger partial charge in [0.25, 0.3) is 0 Å². The number of hydrogen-bond acceptors (Lipinski definition) is 1. The summed E-state index contributed by atoms with van der Waals surface area (Å²) in [6, 6.07) is 0. The molecule has 1 saturated carbocycles. The Hall–Kier alpha value is -0.850. The van der Waals surface area contributed by atoms with Crippen molar-refractivity contribution in [1.29, 1.82) is 0 Å². The van der Waals surface area contributed by atoms with Gasteiger partial charge in [0.1, 0.15) is 0 Å². The smallest absolute Gasteiger partial charge is 0.152 e. The van der Waals surface area contributed by atoms with Crippen LogP contribution in [0.1, 0.15) is 40.0 Å². The molecular formula is C13H20O. The van der Waals surface area contributed by atoms with E-state index in [1.54, 1.807) is 13.0 Å². The second kappa shape index (κ2) is 4.12. The Labute approximate surface area is 86.9 Å². The third kappa shape index (κ3) is 2.57. The van der Waals surface area contributed by atoms with Crippen molar-refractivity contribution in [3.63, 3.8) is 0 Å². The molecule has 0 aromatic heterocycles. The van der Waals surface area contributed by atoms with Gasteiger partial charge >= 0.3 is 0 Å². The Kier molecular flexibility index (Phi) is 3.30. The lowest BCUT2D eigenvalue weighted by molar-refractivity contribution is -0.112. The van der Waals surface area contributed by atoms with Crippen LogP contribution in [-0.4, -0.2) is 5.78 Å². The molecule has 78 valence electrons. The van der Waals surface area contributed by atoms with E-state index in [4.69, 9.17) is 0 Å². The third-order valence-corrected chi connectivity index (χ3v) is 3.12. The van der Waals surface area contributed by atoms with Crippen LogP contribution in [0.3, 0.4) is 0 Å². The van der Waals surface area contributed by atoms with Crippen molar-refractivity contribution in [2.45, 2.75) is 40.0 Å². The van der Waals surface area contributed by atoms with Crippen molar-refractivity contribution in [2.75, 3.05) is 0 Å². The molecule has 14 heavy (non-hydrogen) atoms. The summed E-state index contributed by atoms with van der Waals surface area (Å²) in [5.74, 6) is 0.499.